The summed E-state index contributed by atoms with van der Waals surface area (Å²) in [5.41, 5.74) is 7.50. The number of fused-ring (bicyclic) bond motifs is 3. The number of pyridine rings is 1. The van der Waals surface area contributed by atoms with Gasteiger partial charge in [-0.25, -0.2) is 9.18 Å². The highest BCUT2D eigenvalue weighted by Crippen LogP contribution is 2.44. The first-order valence-corrected chi connectivity index (χ1v) is 18.4. The number of halogens is 1. The number of carbonyl (C=O) groups is 3. The minimum atomic E-state index is -0.937. The molecule has 2 N–H and O–H groups in total. The molecule has 0 radical (unpaired) electrons. The maximum absolute atomic E-state index is 14.4. The Bertz CT molecular complexity index is 1850. The molecule has 5 rings (SSSR count). The molecule has 2 atom stereocenters. The molecule has 2 aliphatic rings. The van der Waals surface area contributed by atoms with Crippen LogP contribution in [0.4, 0.5) is 14.9 Å². The molecule has 1 saturated heterocycles. The lowest BCUT2D eigenvalue weighted by Gasteiger charge is -2.40. The lowest BCUT2D eigenvalue weighted by atomic mass is 9.85. The fourth-order valence-corrected chi connectivity index (χ4v) is 6.94. The van der Waals surface area contributed by atoms with Crippen molar-refractivity contribution in [3.05, 3.63) is 76.9 Å². The zero-order valence-electron chi connectivity index (χ0n) is 32.1. The highest BCUT2D eigenvalue weighted by Gasteiger charge is 2.36. The summed E-state index contributed by atoms with van der Waals surface area (Å²) in [6, 6.07) is 11.8. The molecule has 0 unspecified atom stereocenters. The number of carbonyl (C=O) groups excluding carboxylic acids is 3. The number of hydrogen-bond acceptors (Lipinski definition) is 8. The van der Waals surface area contributed by atoms with Gasteiger partial charge in [0.15, 0.2) is 5.79 Å². The Morgan fingerprint density at radius 2 is 1.77 bits per heavy atom. The number of hydrogen-bond donors (Lipinski definition) is 2. The Kier molecular flexibility index (Phi) is 12.4. The molecule has 1 fully saturated rings. The van der Waals surface area contributed by atoms with Crippen molar-refractivity contribution < 1.29 is 37.7 Å². The number of urea groups is 1. The first-order chi connectivity index (χ1) is 25.0. The van der Waals surface area contributed by atoms with Gasteiger partial charge in [-0.05, 0) is 108 Å². The van der Waals surface area contributed by atoms with Crippen LogP contribution in [0.25, 0.3) is 28.3 Å². The summed E-state index contributed by atoms with van der Waals surface area (Å²) in [4.78, 5) is 42.4. The predicted octanol–water partition coefficient (Wildman–Crippen LogP) is 8.51. The van der Waals surface area contributed by atoms with E-state index in [1.54, 1.807) is 19.1 Å². The average molecular weight is 730 g/mol. The number of esters is 2. The van der Waals surface area contributed by atoms with E-state index in [9.17, 15) is 18.8 Å². The van der Waals surface area contributed by atoms with Crippen LogP contribution in [-0.2, 0) is 41.4 Å². The van der Waals surface area contributed by atoms with Crippen LogP contribution in [0.3, 0.4) is 0 Å². The number of aryl methyl sites for hydroxylation is 2. The summed E-state index contributed by atoms with van der Waals surface area (Å²) in [7, 11) is 0. The van der Waals surface area contributed by atoms with Gasteiger partial charge in [0.25, 0.3) is 0 Å². The Balaban J connectivity index is 1.56. The molecule has 3 aromatic rings. The summed E-state index contributed by atoms with van der Waals surface area (Å²) in [5.74, 6) is -2.05. The molecular weight excluding hydrogens is 677 g/mol. The lowest BCUT2D eigenvalue weighted by Crippen LogP contribution is -2.45. The molecule has 2 heterocycles. The van der Waals surface area contributed by atoms with Crippen molar-refractivity contribution >= 4 is 29.7 Å². The molecule has 284 valence electrons. The fourth-order valence-electron chi connectivity index (χ4n) is 6.94. The first-order valence-electron chi connectivity index (χ1n) is 18.4. The maximum Gasteiger partial charge on any atom is 0.325 e. The van der Waals surface area contributed by atoms with Crippen LogP contribution < -0.4 is 10.6 Å². The van der Waals surface area contributed by atoms with Crippen LogP contribution in [0.1, 0.15) is 103 Å². The van der Waals surface area contributed by atoms with Crippen LogP contribution in [0.15, 0.2) is 48.5 Å². The van der Waals surface area contributed by atoms with E-state index in [4.69, 9.17) is 23.9 Å². The number of nitrogens with zero attached hydrogens (tertiary/aromatic N) is 1. The largest absolute Gasteiger partial charge is 0.465 e. The Hall–Kier alpha value is -4.61. The first kappa shape index (κ1) is 39.6. The van der Waals surface area contributed by atoms with Crippen LogP contribution in [0.5, 0.6) is 0 Å². The molecule has 0 bridgehead atoms. The molecule has 0 saturated carbocycles. The molecule has 1 aliphatic carbocycles. The van der Waals surface area contributed by atoms with Gasteiger partial charge < -0.3 is 29.6 Å². The Morgan fingerprint density at radius 1 is 1.04 bits per heavy atom. The highest BCUT2D eigenvalue weighted by molar-refractivity contribution is 5.95. The number of nitrogens with one attached hydrogen (secondary N) is 2. The Morgan fingerprint density at radius 3 is 2.45 bits per heavy atom. The van der Waals surface area contributed by atoms with Gasteiger partial charge in [-0.3, -0.25) is 14.6 Å². The molecule has 2 aromatic carbocycles. The molecule has 11 heteroatoms. The highest BCUT2D eigenvalue weighted by atomic mass is 19.1. The normalized spacial score (nSPS) is 18.2. The SMILES string of the molecule is CCOC(=O)CNC(=O)Nc1ccc2c(c1)CCCc1nc(C(C)C)c(C=C[C@@H]3C[C@H](CC(=O)OC(C)(C)C)OC(C)(C)O3)c(-c3ccc(F)cc3)c1-2. The smallest absolute Gasteiger partial charge is 0.325 e. The molecule has 10 nitrogen and oxygen atoms in total. The van der Waals surface area contributed by atoms with Gasteiger partial charge in [0.1, 0.15) is 18.0 Å². The van der Waals surface area contributed by atoms with E-state index in [-0.39, 0.29) is 43.4 Å². The monoisotopic (exact) mass is 729 g/mol. The Labute approximate surface area is 311 Å². The molecule has 2 amide bonds. The zero-order valence-corrected chi connectivity index (χ0v) is 32.1. The molecule has 0 spiro atoms. The topological polar surface area (TPSA) is 125 Å². The molecular formula is C42H52FN3O7. The molecule has 53 heavy (non-hydrogen) atoms. The van der Waals surface area contributed by atoms with Crippen molar-refractivity contribution in [1.82, 2.24) is 10.3 Å². The minimum Gasteiger partial charge on any atom is -0.465 e. The van der Waals surface area contributed by atoms with Gasteiger partial charge in [0.05, 0.1) is 30.9 Å². The number of amides is 2. The third kappa shape index (κ3) is 10.5. The third-order valence-electron chi connectivity index (χ3n) is 8.88. The van der Waals surface area contributed by atoms with Crippen LogP contribution >= 0.6 is 0 Å². The molecule has 1 aliphatic heterocycles. The summed E-state index contributed by atoms with van der Waals surface area (Å²) in [6.07, 6.45) is 6.15. The van der Waals surface area contributed by atoms with E-state index in [0.717, 1.165) is 64.0 Å². The number of ether oxygens (including phenoxy) is 4. The number of benzene rings is 2. The zero-order chi connectivity index (χ0) is 38.5. The van der Waals surface area contributed by atoms with Crippen LogP contribution in [0.2, 0.25) is 0 Å². The van der Waals surface area contributed by atoms with E-state index in [2.05, 4.69) is 24.5 Å². The van der Waals surface area contributed by atoms with Gasteiger partial charge in [-0.15, -0.1) is 0 Å². The number of aromatic nitrogens is 1. The van der Waals surface area contributed by atoms with Crippen molar-refractivity contribution in [3.8, 4) is 22.3 Å². The third-order valence-corrected chi connectivity index (χ3v) is 8.88. The van der Waals surface area contributed by atoms with Crippen molar-refractivity contribution in [2.45, 2.75) is 117 Å². The van der Waals surface area contributed by atoms with E-state index in [0.29, 0.717) is 12.1 Å². The van der Waals surface area contributed by atoms with Crippen molar-refractivity contribution in [3.63, 3.8) is 0 Å². The summed E-state index contributed by atoms with van der Waals surface area (Å²) in [5, 5.41) is 5.37. The molecule has 1 aromatic heterocycles. The minimum absolute atomic E-state index is 0.0635. The summed E-state index contributed by atoms with van der Waals surface area (Å²) < 4.78 is 37.3. The second kappa shape index (κ2) is 16.6. The maximum atomic E-state index is 14.4. The fraction of sp³-hybridized carbons (Fsp3) is 0.476. The van der Waals surface area contributed by atoms with Gasteiger partial charge >= 0.3 is 18.0 Å². The predicted molar refractivity (Wildman–Crippen MR) is 203 cm³/mol. The second-order valence-electron chi connectivity index (χ2n) is 15.3. The van der Waals surface area contributed by atoms with Gasteiger partial charge in [0.2, 0.25) is 0 Å². The summed E-state index contributed by atoms with van der Waals surface area (Å²) in [6.45, 7) is 15.1. The van der Waals surface area contributed by atoms with Crippen LogP contribution in [0, 0.1) is 5.82 Å². The average Bonchev–Trinajstić information content (AvgIpc) is 3.23. The van der Waals surface area contributed by atoms with Crippen molar-refractivity contribution in [2.24, 2.45) is 0 Å². The number of anilines is 1. The summed E-state index contributed by atoms with van der Waals surface area (Å²) >= 11 is 0. The van der Waals surface area contributed by atoms with Crippen LogP contribution in [-0.4, -0.2) is 59.7 Å². The standard InChI is InChI=1S/C42H52FN3O7/c1-9-50-36(48)24-44-40(49)45-29-17-19-32-27(21-29)11-10-12-34-38(32)37(26-13-15-28(43)16-14-26)33(39(46-34)25(2)3)20-18-30-22-31(52-42(7,8)51-30)23-35(47)53-41(4,5)6/h13-21,25,30-31H,9-12,22-24H2,1-8H3,(H2,44,45,49)/t30-,31-/m1/s1. The van der Waals surface area contributed by atoms with E-state index < -0.39 is 29.5 Å². The van der Waals surface area contributed by atoms with E-state index in [1.807, 2.05) is 65.0 Å². The quantitative estimate of drug-likeness (QED) is 0.199. The van der Waals surface area contributed by atoms with Crippen molar-refractivity contribution in [2.75, 3.05) is 18.5 Å². The van der Waals surface area contributed by atoms with Crippen molar-refractivity contribution in [1.29, 1.82) is 0 Å². The van der Waals surface area contributed by atoms with E-state index in [1.165, 1.54) is 12.1 Å². The number of rotatable bonds is 10. The van der Waals surface area contributed by atoms with E-state index >= 15 is 0 Å². The van der Waals surface area contributed by atoms with Gasteiger partial charge in [0, 0.05) is 34.5 Å². The van der Waals surface area contributed by atoms with Gasteiger partial charge in [-0.1, -0.05) is 44.2 Å². The van der Waals surface area contributed by atoms with Gasteiger partial charge in [-0.2, -0.15) is 0 Å². The second-order valence-corrected chi connectivity index (χ2v) is 15.3. The lowest BCUT2D eigenvalue weighted by molar-refractivity contribution is -0.290.